The molecule has 0 unspecified atom stereocenters. The van der Waals surface area contributed by atoms with Crippen LogP contribution in [0.5, 0.6) is 0 Å². The monoisotopic (exact) mass is 1170 g/mol. The van der Waals surface area contributed by atoms with Crippen LogP contribution in [0.1, 0.15) is 111 Å². The number of nitrogens with zero attached hydrogens (tertiary/aromatic N) is 6. The van der Waals surface area contributed by atoms with Crippen LogP contribution < -0.4 is 32.3 Å². The van der Waals surface area contributed by atoms with Crippen molar-refractivity contribution < 1.29 is 72.1 Å². The molecule has 27 nitrogen and oxygen atoms in total. The predicted octanol–water partition coefficient (Wildman–Crippen LogP) is 0.136. The van der Waals surface area contributed by atoms with Gasteiger partial charge < -0.3 is 76.3 Å². The minimum Gasteiger partial charge on any atom is -0.480 e. The zero-order chi connectivity index (χ0) is 61.7. The number of piperidine rings is 2. The molecule has 4 rings (SSSR count). The maximum atomic E-state index is 14.6. The first-order chi connectivity index (χ1) is 39.1. The molecule has 2 aliphatic heterocycles. The second kappa shape index (κ2) is 32.3. The second-order valence-corrected chi connectivity index (χ2v) is 22.8. The van der Waals surface area contributed by atoms with Gasteiger partial charge in [-0.05, 0) is 89.5 Å². The number of likely N-dealkylation sites (N-methyl/N-ethyl adjacent to an activating group) is 4. The van der Waals surface area contributed by atoms with E-state index in [2.05, 4.69) is 26.6 Å². The Kier molecular flexibility index (Phi) is 26.4. The fourth-order valence-corrected chi connectivity index (χ4v) is 10.5. The summed E-state index contributed by atoms with van der Waals surface area (Å²) < 4.78 is 10.8. The van der Waals surface area contributed by atoms with Crippen molar-refractivity contribution in [2.45, 2.75) is 154 Å². The van der Waals surface area contributed by atoms with Crippen molar-refractivity contribution in [3.05, 3.63) is 35.9 Å². The maximum Gasteiger partial charge on any atom is 0.408 e. The Morgan fingerprint density at radius 1 is 0.639 bits per heavy atom. The lowest BCUT2D eigenvalue weighted by Gasteiger charge is -2.38. The summed E-state index contributed by atoms with van der Waals surface area (Å²) in [6.45, 7) is 5.53. The largest absolute Gasteiger partial charge is 0.480 e. The van der Waals surface area contributed by atoms with E-state index in [4.69, 9.17) is 15.2 Å². The van der Waals surface area contributed by atoms with Crippen molar-refractivity contribution in [3.63, 3.8) is 0 Å². The number of carboxylic acids is 1. The van der Waals surface area contributed by atoms with Gasteiger partial charge in [0.15, 0.2) is 0 Å². The van der Waals surface area contributed by atoms with E-state index in [0.717, 1.165) is 34.0 Å². The first-order valence-corrected chi connectivity index (χ1v) is 28.5. The quantitative estimate of drug-likeness (QED) is 0.0685. The van der Waals surface area contributed by atoms with Crippen LogP contribution in [0.3, 0.4) is 0 Å². The van der Waals surface area contributed by atoms with Crippen molar-refractivity contribution in [1.82, 2.24) is 56.0 Å². The first kappa shape index (κ1) is 67.9. The standard InChI is InChI=1S/C56H88N12O15/c1-35(2)46(49(74)58-29-38(52(77)68-27-19-17-25-41(68)53(78)79)61-54(80)82-34-36-20-12-10-13-21-36)65(8)44(71)33-64(7)43(70)31-60-48(73)40-24-16-18-26-67(40)51(76)39(62-55(81)83-56(3,4)5)30-59-50(75)47(37-22-14-11-15-23-37)66(9)45(72)32-63(6)42(69)28-57/h10,12-13,20-21,35,37-41,46-47H,11,14-19,22-34,57H2,1-9H3,(H,58,74)(H,59,75)(H,60,73)(H,61,80)(H,62,81)(H,78,79)/t38-,39-,40+,41+,46+,47+/m1/s1. The van der Waals surface area contributed by atoms with Gasteiger partial charge in [-0.15, -0.1) is 0 Å². The van der Waals surface area contributed by atoms with Gasteiger partial charge in [-0.25, -0.2) is 14.4 Å². The van der Waals surface area contributed by atoms with Crippen LogP contribution in [0, 0.1) is 11.8 Å². The molecule has 1 saturated carbocycles. The molecule has 27 heteroatoms. The molecule has 1 aliphatic carbocycles. The number of carbonyl (C=O) groups is 12. The highest BCUT2D eigenvalue weighted by atomic mass is 16.6. The SMILES string of the molecule is CC(C)[C@@H](C(=O)NC[C@@H](NC(=O)OCc1ccccc1)C(=O)N1CCCC[C@H]1C(=O)O)N(C)C(=O)CN(C)C(=O)CNC(=O)[C@@H]1CCCCN1C(=O)[C@@H](CNC(=O)[C@H](C1CCCCC1)N(C)C(=O)CN(C)C(=O)CN)NC(=O)OC(C)(C)C. The van der Waals surface area contributed by atoms with Crippen LogP contribution >= 0.6 is 0 Å². The number of carbonyl (C=O) groups excluding carboxylic acids is 11. The van der Waals surface area contributed by atoms with Crippen LogP contribution in [0.25, 0.3) is 0 Å². The molecule has 83 heavy (non-hydrogen) atoms. The van der Waals surface area contributed by atoms with Crippen molar-refractivity contribution in [2.75, 3.05) is 80.5 Å². The fourth-order valence-electron chi connectivity index (χ4n) is 10.5. The molecule has 1 aromatic rings. The van der Waals surface area contributed by atoms with Crippen LogP contribution in [-0.2, 0) is 64.0 Å². The van der Waals surface area contributed by atoms with E-state index in [0.29, 0.717) is 44.1 Å². The number of likely N-dealkylation sites (tertiary alicyclic amines) is 2. The van der Waals surface area contributed by atoms with E-state index in [-0.39, 0.29) is 51.5 Å². The number of benzene rings is 1. The number of alkyl carbamates (subject to hydrolysis) is 2. The van der Waals surface area contributed by atoms with Crippen LogP contribution in [0.15, 0.2) is 30.3 Å². The number of hydrogen-bond donors (Lipinski definition) is 7. The van der Waals surface area contributed by atoms with E-state index in [1.54, 1.807) is 65.0 Å². The van der Waals surface area contributed by atoms with E-state index >= 15 is 0 Å². The molecule has 3 fully saturated rings. The van der Waals surface area contributed by atoms with E-state index in [9.17, 15) is 62.6 Å². The first-order valence-electron chi connectivity index (χ1n) is 28.5. The summed E-state index contributed by atoms with van der Waals surface area (Å²) in [6.07, 6.45) is 4.39. The molecule has 2 saturated heterocycles. The Morgan fingerprint density at radius 2 is 1.14 bits per heavy atom. The number of rotatable bonds is 25. The van der Waals surface area contributed by atoms with E-state index < -0.39 is 145 Å². The third kappa shape index (κ3) is 20.7. The van der Waals surface area contributed by atoms with Crippen LogP contribution in [0.4, 0.5) is 9.59 Å². The summed E-state index contributed by atoms with van der Waals surface area (Å²) >= 11 is 0. The zero-order valence-electron chi connectivity index (χ0n) is 49.6. The number of ether oxygens (including phenoxy) is 2. The molecular formula is C56H88N12O15. The molecule has 0 bridgehead atoms. The molecule has 0 aromatic heterocycles. The summed E-state index contributed by atoms with van der Waals surface area (Å²) in [5.74, 6) is -7.84. The summed E-state index contributed by atoms with van der Waals surface area (Å²) in [4.78, 5) is 169. The number of amides is 11. The third-order valence-electron chi connectivity index (χ3n) is 15.0. The van der Waals surface area contributed by atoms with Crippen molar-refractivity contribution >= 4 is 71.3 Å². The van der Waals surface area contributed by atoms with Gasteiger partial charge in [0.25, 0.3) is 0 Å². The third-order valence-corrected chi connectivity index (χ3v) is 15.0. The number of nitrogens with two attached hydrogens (primary N) is 1. The average Bonchev–Trinajstić information content (AvgIpc) is 3.66. The molecule has 462 valence electrons. The van der Waals surface area contributed by atoms with Crippen molar-refractivity contribution in [3.8, 4) is 0 Å². The van der Waals surface area contributed by atoms with Gasteiger partial charge in [-0.2, -0.15) is 0 Å². The highest BCUT2D eigenvalue weighted by Gasteiger charge is 2.41. The van der Waals surface area contributed by atoms with Crippen LogP contribution in [-0.4, -0.2) is 228 Å². The lowest BCUT2D eigenvalue weighted by atomic mass is 9.82. The molecule has 1 aromatic carbocycles. The van der Waals surface area contributed by atoms with Crippen molar-refractivity contribution in [2.24, 2.45) is 17.6 Å². The topological polar surface area (TPSA) is 349 Å². The van der Waals surface area contributed by atoms with Gasteiger partial charge in [0, 0.05) is 54.4 Å². The minimum atomic E-state index is -1.46. The lowest BCUT2D eigenvalue weighted by Crippen LogP contribution is -2.61. The maximum absolute atomic E-state index is 14.6. The molecular weight excluding hydrogens is 1080 g/mol. The summed E-state index contributed by atoms with van der Waals surface area (Å²) in [6, 6.07) is 1.40. The highest BCUT2D eigenvalue weighted by molar-refractivity contribution is 5.96. The zero-order valence-corrected chi connectivity index (χ0v) is 49.6. The Balaban J connectivity index is 1.42. The van der Waals surface area contributed by atoms with Gasteiger partial charge in [0.1, 0.15) is 48.5 Å². The van der Waals surface area contributed by atoms with Gasteiger partial charge in [0.05, 0.1) is 26.2 Å². The Morgan fingerprint density at radius 3 is 1.69 bits per heavy atom. The van der Waals surface area contributed by atoms with Gasteiger partial charge >= 0.3 is 18.2 Å². The molecule has 3 aliphatic rings. The van der Waals surface area contributed by atoms with Crippen LogP contribution in [0.2, 0.25) is 0 Å². The minimum absolute atomic E-state index is 0.0754. The summed E-state index contributed by atoms with van der Waals surface area (Å²) in [7, 11) is 5.58. The number of nitrogens with one attached hydrogen (secondary N) is 5. The fraction of sp³-hybridized carbons (Fsp3) is 0.679. The highest BCUT2D eigenvalue weighted by Crippen LogP contribution is 2.29. The predicted molar refractivity (Wildman–Crippen MR) is 301 cm³/mol. The number of carboxylic acid groups (broad SMARTS) is 1. The Hall–Kier alpha value is -7.58. The second-order valence-electron chi connectivity index (χ2n) is 22.8. The van der Waals surface area contributed by atoms with Gasteiger partial charge in [-0.3, -0.25) is 43.2 Å². The molecule has 11 amide bonds. The molecule has 0 radical (unpaired) electrons. The average molecular weight is 1170 g/mol. The summed E-state index contributed by atoms with van der Waals surface area (Å²) in [5.41, 5.74) is 5.18. The van der Waals surface area contributed by atoms with E-state index in [1.165, 1.54) is 42.9 Å². The van der Waals surface area contributed by atoms with E-state index in [1.807, 2.05) is 0 Å². The smallest absolute Gasteiger partial charge is 0.408 e. The molecule has 8 N–H and O–H groups in total. The summed E-state index contributed by atoms with van der Waals surface area (Å²) in [5, 5.41) is 22.9. The van der Waals surface area contributed by atoms with Gasteiger partial charge in [-0.1, -0.05) is 63.4 Å². The van der Waals surface area contributed by atoms with Gasteiger partial charge in [0.2, 0.25) is 53.2 Å². The molecule has 2 heterocycles. The lowest BCUT2D eigenvalue weighted by molar-refractivity contribution is -0.153. The molecule has 6 atom stereocenters. The molecule has 0 spiro atoms. The normalized spacial score (nSPS) is 17.9. The Bertz CT molecular complexity index is 2450. The van der Waals surface area contributed by atoms with Crippen molar-refractivity contribution in [1.29, 1.82) is 0 Å². The number of aliphatic carboxylic acids is 1. The Labute approximate surface area is 485 Å². The number of hydrogen-bond acceptors (Lipinski definition) is 15.